The number of hydrogen-bond donors (Lipinski definition) is 1. The van der Waals surface area contributed by atoms with Crippen LogP contribution in [-0.2, 0) is 0 Å². The van der Waals surface area contributed by atoms with E-state index < -0.39 is 0 Å². The van der Waals surface area contributed by atoms with Crippen LogP contribution in [0.25, 0.3) is 49.4 Å². The Morgan fingerprint density at radius 3 is 1.47 bits per heavy atom. The van der Waals surface area contributed by atoms with Crippen molar-refractivity contribution in [3.63, 3.8) is 0 Å². The molecule has 0 saturated carbocycles. The highest BCUT2D eigenvalue weighted by molar-refractivity contribution is 6.09. The molecule has 0 amide bonds. The van der Waals surface area contributed by atoms with Gasteiger partial charge in [-0.3, -0.25) is 4.57 Å². The Morgan fingerprint density at radius 2 is 0.938 bits per heavy atom. The lowest BCUT2D eigenvalue weighted by atomic mass is 10.2. The van der Waals surface area contributed by atoms with E-state index in [0.29, 0.717) is 0 Å². The lowest BCUT2D eigenvalue weighted by Gasteiger charge is -2.05. The maximum Gasteiger partial charge on any atom is 0.137 e. The fourth-order valence-electron chi connectivity index (χ4n) is 4.45. The van der Waals surface area contributed by atoms with Gasteiger partial charge in [-0.15, -0.1) is 0 Å². The molecular formula is C29H21N3. The molecule has 3 nitrogen and oxygen atoms in total. The Bertz CT molecular complexity index is 1570. The molecule has 1 N–H and O–H groups in total. The summed E-state index contributed by atoms with van der Waals surface area (Å²) in [7, 11) is 0. The van der Waals surface area contributed by atoms with Gasteiger partial charge in [0.1, 0.15) is 5.82 Å². The zero-order chi connectivity index (χ0) is 21.3. The highest BCUT2D eigenvalue weighted by Gasteiger charge is 2.11. The van der Waals surface area contributed by atoms with E-state index in [2.05, 4.69) is 112 Å². The van der Waals surface area contributed by atoms with Crippen LogP contribution >= 0.6 is 0 Å². The maximum atomic E-state index is 4.48. The largest absolute Gasteiger partial charge is 0.355 e. The molecule has 3 aromatic heterocycles. The highest BCUT2D eigenvalue weighted by Crippen LogP contribution is 2.30. The van der Waals surface area contributed by atoms with Crippen molar-refractivity contribution in [2.45, 2.75) is 0 Å². The number of rotatable bonds is 1. The predicted octanol–water partition coefficient (Wildman–Crippen LogP) is 7.50. The van der Waals surface area contributed by atoms with Crippen molar-refractivity contribution in [2.24, 2.45) is 0 Å². The number of aromatic nitrogens is 3. The summed E-state index contributed by atoms with van der Waals surface area (Å²) >= 11 is 0. The molecule has 0 aliphatic carbocycles. The Morgan fingerprint density at radius 1 is 0.469 bits per heavy atom. The zero-order valence-corrected chi connectivity index (χ0v) is 17.4. The van der Waals surface area contributed by atoms with E-state index in [1.165, 1.54) is 43.6 Å². The number of pyridine rings is 1. The second-order valence-electron chi connectivity index (χ2n) is 7.77. The second-order valence-corrected chi connectivity index (χ2v) is 7.77. The number of H-pyrrole nitrogens is 1. The van der Waals surface area contributed by atoms with Gasteiger partial charge in [0.2, 0.25) is 0 Å². The Balaban J connectivity index is 0.000000131. The van der Waals surface area contributed by atoms with Crippen LogP contribution in [0.15, 0.2) is 121 Å². The summed E-state index contributed by atoms with van der Waals surface area (Å²) in [5.41, 5.74) is 4.82. The minimum Gasteiger partial charge on any atom is -0.355 e. The third-order valence-corrected chi connectivity index (χ3v) is 5.87. The van der Waals surface area contributed by atoms with E-state index in [9.17, 15) is 0 Å². The van der Waals surface area contributed by atoms with Gasteiger partial charge < -0.3 is 4.98 Å². The van der Waals surface area contributed by atoms with E-state index in [4.69, 9.17) is 0 Å². The van der Waals surface area contributed by atoms with Crippen LogP contribution in [-0.4, -0.2) is 14.5 Å². The van der Waals surface area contributed by atoms with Crippen molar-refractivity contribution in [2.75, 3.05) is 0 Å². The molecule has 0 aliphatic rings. The first-order chi connectivity index (χ1) is 15.9. The van der Waals surface area contributed by atoms with Crippen molar-refractivity contribution in [1.29, 1.82) is 0 Å². The lowest BCUT2D eigenvalue weighted by Crippen LogP contribution is -1.95. The maximum absolute atomic E-state index is 4.48. The van der Waals surface area contributed by atoms with Crippen LogP contribution in [0, 0.1) is 0 Å². The van der Waals surface area contributed by atoms with Gasteiger partial charge in [-0.05, 0) is 36.4 Å². The Kier molecular flexibility index (Phi) is 4.43. The monoisotopic (exact) mass is 411 g/mol. The number of benzene rings is 4. The van der Waals surface area contributed by atoms with Gasteiger partial charge in [-0.25, -0.2) is 4.98 Å². The number of hydrogen-bond acceptors (Lipinski definition) is 1. The summed E-state index contributed by atoms with van der Waals surface area (Å²) in [6.07, 6.45) is 1.83. The quantitative estimate of drug-likeness (QED) is 0.298. The summed E-state index contributed by atoms with van der Waals surface area (Å²) in [6, 6.07) is 39.7. The van der Waals surface area contributed by atoms with Crippen molar-refractivity contribution >= 4 is 43.6 Å². The Hall–Kier alpha value is -4.37. The van der Waals surface area contributed by atoms with Crippen molar-refractivity contribution < 1.29 is 0 Å². The third-order valence-electron chi connectivity index (χ3n) is 5.87. The van der Waals surface area contributed by atoms with E-state index in [1.54, 1.807) is 0 Å². The summed E-state index contributed by atoms with van der Waals surface area (Å²) in [5, 5.41) is 5.14. The molecule has 0 saturated heterocycles. The molecule has 0 fully saturated rings. The second kappa shape index (κ2) is 7.71. The fraction of sp³-hybridized carbons (Fsp3) is 0. The van der Waals surface area contributed by atoms with Crippen LogP contribution in [0.3, 0.4) is 0 Å². The molecule has 0 radical (unpaired) electrons. The molecule has 4 aromatic carbocycles. The standard InChI is InChI=1S/C17H12N2.C12H9N/c1-3-9-15-13(7-1)14-8-2-4-10-16(14)19(15)17-11-5-6-12-18-17;1-3-7-11-9(5-1)10-6-2-4-8-12(10)13-11/h1-12H;1-8,13H. The van der Waals surface area contributed by atoms with E-state index in [-0.39, 0.29) is 0 Å². The minimum atomic E-state index is 0.958. The highest BCUT2D eigenvalue weighted by atomic mass is 15.1. The average Bonchev–Trinajstić information content (AvgIpc) is 3.41. The van der Waals surface area contributed by atoms with Gasteiger partial charge in [0, 0.05) is 38.8 Å². The summed E-state index contributed by atoms with van der Waals surface area (Å²) in [4.78, 5) is 7.86. The number of fused-ring (bicyclic) bond motifs is 6. The molecular weight excluding hydrogens is 390 g/mol. The van der Waals surface area contributed by atoms with Crippen LogP contribution in [0.1, 0.15) is 0 Å². The van der Waals surface area contributed by atoms with Crippen molar-refractivity contribution in [1.82, 2.24) is 14.5 Å². The van der Waals surface area contributed by atoms with E-state index in [0.717, 1.165) is 5.82 Å². The molecule has 7 rings (SSSR count). The number of nitrogens with zero attached hydrogens (tertiary/aromatic N) is 2. The van der Waals surface area contributed by atoms with Crippen LogP contribution in [0.4, 0.5) is 0 Å². The van der Waals surface area contributed by atoms with Gasteiger partial charge >= 0.3 is 0 Å². The van der Waals surface area contributed by atoms with Crippen LogP contribution in [0.2, 0.25) is 0 Å². The Labute approximate surface area is 185 Å². The normalized spacial score (nSPS) is 11.1. The van der Waals surface area contributed by atoms with E-state index >= 15 is 0 Å². The van der Waals surface area contributed by atoms with Gasteiger partial charge in [-0.1, -0.05) is 78.9 Å². The molecule has 3 heteroatoms. The summed E-state index contributed by atoms with van der Waals surface area (Å²) < 4.78 is 2.21. The molecule has 7 aromatic rings. The van der Waals surface area contributed by atoms with Gasteiger partial charge in [0.15, 0.2) is 0 Å². The molecule has 0 atom stereocenters. The van der Waals surface area contributed by atoms with Crippen LogP contribution < -0.4 is 0 Å². The first-order valence-electron chi connectivity index (χ1n) is 10.8. The average molecular weight is 412 g/mol. The molecule has 0 spiro atoms. The summed E-state index contributed by atoms with van der Waals surface area (Å²) in [5.74, 6) is 0.958. The topological polar surface area (TPSA) is 33.6 Å². The minimum absolute atomic E-state index is 0.958. The molecule has 0 aliphatic heterocycles. The lowest BCUT2D eigenvalue weighted by molar-refractivity contribution is 1.08. The van der Waals surface area contributed by atoms with Gasteiger partial charge in [0.05, 0.1) is 11.0 Å². The number of nitrogens with one attached hydrogen (secondary N) is 1. The smallest absolute Gasteiger partial charge is 0.137 e. The van der Waals surface area contributed by atoms with E-state index in [1.807, 2.05) is 24.4 Å². The van der Waals surface area contributed by atoms with Gasteiger partial charge in [-0.2, -0.15) is 0 Å². The summed E-state index contributed by atoms with van der Waals surface area (Å²) in [6.45, 7) is 0. The zero-order valence-electron chi connectivity index (χ0n) is 17.4. The van der Waals surface area contributed by atoms with Crippen LogP contribution in [0.5, 0.6) is 0 Å². The first kappa shape index (κ1) is 18.4. The molecule has 0 unspecified atom stereocenters. The fourth-order valence-corrected chi connectivity index (χ4v) is 4.45. The van der Waals surface area contributed by atoms with Crippen molar-refractivity contribution in [3.05, 3.63) is 121 Å². The molecule has 152 valence electrons. The first-order valence-corrected chi connectivity index (χ1v) is 10.8. The molecule has 0 bridgehead atoms. The predicted molar refractivity (Wildman–Crippen MR) is 134 cm³/mol. The number of para-hydroxylation sites is 4. The molecule has 32 heavy (non-hydrogen) atoms. The SMILES string of the molecule is c1ccc(-n2c3ccccc3c3ccccc32)nc1.c1ccc2c(c1)[nH]c1ccccc12. The van der Waals surface area contributed by atoms with Gasteiger partial charge in [0.25, 0.3) is 0 Å². The number of aromatic amines is 1. The van der Waals surface area contributed by atoms with Crippen molar-refractivity contribution in [3.8, 4) is 5.82 Å². The molecule has 3 heterocycles. The third kappa shape index (κ3) is 3.03.